The summed E-state index contributed by atoms with van der Waals surface area (Å²) in [5.41, 5.74) is 2.72. The van der Waals surface area contributed by atoms with E-state index in [1.807, 2.05) is 64.1 Å². The van der Waals surface area contributed by atoms with Gasteiger partial charge in [-0.3, -0.25) is 4.79 Å². The molecular weight excluding hydrogens is 422 g/mol. The molecule has 1 N–H and O–H groups in total. The lowest BCUT2D eigenvalue weighted by Gasteiger charge is -2.40. The van der Waals surface area contributed by atoms with Gasteiger partial charge in [-0.1, -0.05) is 12.1 Å². The number of aromatic nitrogens is 1. The van der Waals surface area contributed by atoms with Crippen molar-refractivity contribution in [2.75, 3.05) is 24.6 Å². The molecule has 0 spiro atoms. The molecule has 1 amide bonds. The Labute approximate surface area is 193 Å². The van der Waals surface area contributed by atoms with Gasteiger partial charge in [0.1, 0.15) is 23.3 Å². The molecule has 2 aromatic carbocycles. The molecular formula is C25H29N3O3S. The first-order valence-electron chi connectivity index (χ1n) is 10.9. The number of carbonyl (C=O) groups excluding carboxylic acids is 1. The van der Waals surface area contributed by atoms with Gasteiger partial charge in [0.15, 0.2) is 0 Å². The highest BCUT2D eigenvalue weighted by Crippen LogP contribution is 2.27. The molecule has 1 aliphatic rings. The molecule has 0 radical (unpaired) electrons. The van der Waals surface area contributed by atoms with Crippen molar-refractivity contribution in [3.8, 4) is 11.5 Å². The SMILES string of the molecule is CCOc1ccc(N2CC(Oc3ccc([C@H](C)NC(=O)c4nc(C)sc4C)cc3)C2)cc1. The van der Waals surface area contributed by atoms with Crippen LogP contribution in [0.4, 0.5) is 5.69 Å². The van der Waals surface area contributed by atoms with E-state index < -0.39 is 0 Å². The van der Waals surface area contributed by atoms with Crippen LogP contribution in [-0.4, -0.2) is 36.7 Å². The largest absolute Gasteiger partial charge is 0.494 e. The van der Waals surface area contributed by atoms with Crippen LogP contribution in [-0.2, 0) is 0 Å². The number of rotatable bonds is 8. The molecule has 2 heterocycles. The van der Waals surface area contributed by atoms with Gasteiger partial charge < -0.3 is 19.7 Å². The Bertz CT molecular complexity index is 1060. The zero-order valence-corrected chi connectivity index (χ0v) is 19.7. The molecule has 1 atom stereocenters. The zero-order chi connectivity index (χ0) is 22.7. The normalized spacial score (nSPS) is 14.6. The Morgan fingerprint density at radius 3 is 2.38 bits per heavy atom. The number of nitrogens with one attached hydrogen (secondary N) is 1. The van der Waals surface area contributed by atoms with Crippen molar-refractivity contribution in [2.45, 2.75) is 39.8 Å². The minimum Gasteiger partial charge on any atom is -0.494 e. The molecule has 3 aromatic rings. The van der Waals surface area contributed by atoms with Crippen LogP contribution in [0.2, 0.25) is 0 Å². The average Bonchev–Trinajstić information content (AvgIpc) is 3.10. The number of thiazole rings is 1. The zero-order valence-electron chi connectivity index (χ0n) is 18.9. The third-order valence-corrected chi connectivity index (χ3v) is 6.40. The third kappa shape index (κ3) is 5.05. The predicted molar refractivity (Wildman–Crippen MR) is 128 cm³/mol. The molecule has 1 aliphatic heterocycles. The van der Waals surface area contributed by atoms with Crippen molar-refractivity contribution in [3.63, 3.8) is 0 Å². The Kier molecular flexibility index (Phi) is 6.65. The maximum atomic E-state index is 12.5. The van der Waals surface area contributed by atoms with E-state index in [4.69, 9.17) is 9.47 Å². The number of hydrogen-bond donors (Lipinski definition) is 1. The van der Waals surface area contributed by atoms with Crippen LogP contribution in [0.25, 0.3) is 0 Å². The van der Waals surface area contributed by atoms with E-state index in [1.165, 1.54) is 17.0 Å². The quantitative estimate of drug-likeness (QED) is 0.527. The Morgan fingerprint density at radius 2 is 1.78 bits per heavy atom. The van der Waals surface area contributed by atoms with Gasteiger partial charge in [0, 0.05) is 10.6 Å². The number of carbonyl (C=O) groups is 1. The standard InChI is InChI=1S/C25H29N3O3S/c1-5-30-21-12-8-20(9-13-21)28-14-23(15-28)31-22-10-6-19(7-11-22)16(2)26-25(29)24-17(3)32-18(4)27-24/h6-13,16,23H,5,14-15H2,1-4H3,(H,26,29)/t16-/m0/s1. The minimum absolute atomic E-state index is 0.114. The predicted octanol–water partition coefficient (Wildman–Crippen LogP) is 4.92. The van der Waals surface area contributed by atoms with E-state index in [0.29, 0.717) is 12.3 Å². The number of aryl methyl sites for hydroxylation is 2. The molecule has 0 unspecified atom stereocenters. The first kappa shape index (κ1) is 22.1. The summed E-state index contributed by atoms with van der Waals surface area (Å²) < 4.78 is 11.6. The highest BCUT2D eigenvalue weighted by molar-refractivity contribution is 7.11. The summed E-state index contributed by atoms with van der Waals surface area (Å²) in [6, 6.07) is 16.0. The summed E-state index contributed by atoms with van der Waals surface area (Å²) in [5, 5.41) is 3.94. The molecule has 0 bridgehead atoms. The minimum atomic E-state index is -0.136. The van der Waals surface area contributed by atoms with Gasteiger partial charge in [0.25, 0.3) is 5.91 Å². The summed E-state index contributed by atoms with van der Waals surface area (Å²) in [6.45, 7) is 10.2. The first-order chi connectivity index (χ1) is 15.4. The van der Waals surface area contributed by atoms with Crippen molar-refractivity contribution in [2.24, 2.45) is 0 Å². The lowest BCUT2D eigenvalue weighted by Crippen LogP contribution is -2.54. The van der Waals surface area contributed by atoms with Gasteiger partial charge in [-0.2, -0.15) is 0 Å². The summed E-state index contributed by atoms with van der Waals surface area (Å²) in [7, 11) is 0. The van der Waals surface area contributed by atoms with Crippen LogP contribution in [0.1, 0.15) is 45.8 Å². The van der Waals surface area contributed by atoms with Crippen molar-refractivity contribution in [3.05, 3.63) is 69.7 Å². The Morgan fingerprint density at radius 1 is 1.12 bits per heavy atom. The lowest BCUT2D eigenvalue weighted by molar-refractivity contribution is 0.0935. The monoisotopic (exact) mass is 451 g/mol. The summed E-state index contributed by atoms with van der Waals surface area (Å²) in [5.74, 6) is 1.60. The van der Waals surface area contributed by atoms with Gasteiger partial charge in [-0.15, -0.1) is 11.3 Å². The number of hydrogen-bond acceptors (Lipinski definition) is 6. The number of amides is 1. The first-order valence-corrected chi connectivity index (χ1v) is 11.7. The second kappa shape index (κ2) is 9.61. The topological polar surface area (TPSA) is 63.7 Å². The number of ether oxygens (including phenoxy) is 2. The summed E-state index contributed by atoms with van der Waals surface area (Å²) in [6.07, 6.45) is 0.167. The lowest BCUT2D eigenvalue weighted by atomic mass is 10.1. The maximum absolute atomic E-state index is 12.5. The van der Waals surface area contributed by atoms with Gasteiger partial charge >= 0.3 is 0 Å². The van der Waals surface area contributed by atoms with Crippen LogP contribution in [0.3, 0.4) is 0 Å². The number of benzene rings is 2. The van der Waals surface area contributed by atoms with Crippen molar-refractivity contribution < 1.29 is 14.3 Å². The molecule has 1 aromatic heterocycles. The second-order valence-electron chi connectivity index (χ2n) is 7.97. The van der Waals surface area contributed by atoms with Crippen LogP contribution in [0, 0.1) is 13.8 Å². The van der Waals surface area contributed by atoms with Gasteiger partial charge in [0.2, 0.25) is 0 Å². The summed E-state index contributed by atoms with van der Waals surface area (Å²) >= 11 is 1.54. The van der Waals surface area contributed by atoms with E-state index in [0.717, 1.165) is 40.0 Å². The molecule has 0 saturated carbocycles. The van der Waals surface area contributed by atoms with Crippen LogP contribution in [0.5, 0.6) is 11.5 Å². The van der Waals surface area contributed by atoms with E-state index in [2.05, 4.69) is 27.3 Å². The van der Waals surface area contributed by atoms with Crippen molar-refractivity contribution in [1.82, 2.24) is 10.3 Å². The fourth-order valence-electron chi connectivity index (χ4n) is 3.76. The summed E-state index contributed by atoms with van der Waals surface area (Å²) in [4.78, 5) is 20.1. The van der Waals surface area contributed by atoms with Crippen LogP contribution in [0.15, 0.2) is 48.5 Å². The molecule has 1 saturated heterocycles. The van der Waals surface area contributed by atoms with Crippen LogP contribution >= 0.6 is 11.3 Å². The van der Waals surface area contributed by atoms with Gasteiger partial charge in [0.05, 0.1) is 30.7 Å². The van der Waals surface area contributed by atoms with Gasteiger partial charge in [-0.05, 0) is 69.7 Å². The molecule has 1 fully saturated rings. The molecule has 32 heavy (non-hydrogen) atoms. The molecule has 0 aliphatic carbocycles. The third-order valence-electron chi connectivity index (χ3n) is 5.51. The Hall–Kier alpha value is -3.06. The highest BCUT2D eigenvalue weighted by Gasteiger charge is 2.28. The number of nitrogens with zero attached hydrogens (tertiary/aromatic N) is 2. The van der Waals surface area contributed by atoms with E-state index in [-0.39, 0.29) is 18.1 Å². The highest BCUT2D eigenvalue weighted by atomic mass is 32.1. The van der Waals surface area contributed by atoms with Crippen molar-refractivity contribution in [1.29, 1.82) is 0 Å². The van der Waals surface area contributed by atoms with Crippen LogP contribution < -0.4 is 19.7 Å². The number of anilines is 1. The molecule has 168 valence electrons. The Balaban J connectivity index is 1.27. The molecule has 6 nitrogen and oxygen atoms in total. The molecule has 4 rings (SSSR count). The second-order valence-corrected chi connectivity index (χ2v) is 9.38. The van der Waals surface area contributed by atoms with E-state index in [9.17, 15) is 4.79 Å². The fraction of sp³-hybridized carbons (Fsp3) is 0.360. The fourth-order valence-corrected chi connectivity index (χ4v) is 4.57. The average molecular weight is 452 g/mol. The maximum Gasteiger partial charge on any atom is 0.271 e. The van der Waals surface area contributed by atoms with E-state index in [1.54, 1.807) is 0 Å². The van der Waals surface area contributed by atoms with Gasteiger partial charge in [-0.25, -0.2) is 4.98 Å². The van der Waals surface area contributed by atoms with E-state index >= 15 is 0 Å². The molecule has 7 heteroatoms. The smallest absolute Gasteiger partial charge is 0.271 e. The van der Waals surface area contributed by atoms with Crippen molar-refractivity contribution >= 4 is 22.9 Å².